The predicted molar refractivity (Wildman–Crippen MR) is 105 cm³/mol. The summed E-state index contributed by atoms with van der Waals surface area (Å²) in [4.78, 5) is 35.2. The highest BCUT2D eigenvalue weighted by molar-refractivity contribution is 5.80. The van der Waals surface area contributed by atoms with Gasteiger partial charge in [0.2, 0.25) is 5.91 Å². The first-order valence-corrected chi connectivity index (χ1v) is 9.00. The molecule has 1 aliphatic rings. The minimum atomic E-state index is -0.850. The Kier molecular flexibility index (Phi) is 6.12. The van der Waals surface area contributed by atoms with E-state index in [0.717, 1.165) is 5.56 Å². The number of hydrogen-bond donors (Lipinski definition) is 3. The molecule has 0 bridgehead atoms. The van der Waals surface area contributed by atoms with E-state index >= 15 is 0 Å². The van der Waals surface area contributed by atoms with Crippen molar-refractivity contribution >= 4 is 23.3 Å². The lowest BCUT2D eigenvalue weighted by Gasteiger charge is -2.36. The lowest BCUT2D eigenvalue weighted by Crippen LogP contribution is -2.45. The molecule has 2 aromatic carbocycles. The van der Waals surface area contributed by atoms with Crippen molar-refractivity contribution in [3.8, 4) is 5.75 Å². The minimum absolute atomic E-state index is 0.0132. The topological polar surface area (TPSA) is 140 Å². The van der Waals surface area contributed by atoms with Gasteiger partial charge in [0.05, 0.1) is 17.2 Å². The van der Waals surface area contributed by atoms with Gasteiger partial charge in [-0.1, -0.05) is 30.3 Å². The van der Waals surface area contributed by atoms with E-state index in [-0.39, 0.29) is 18.2 Å². The van der Waals surface area contributed by atoms with Crippen LogP contribution in [-0.4, -0.2) is 29.5 Å². The maximum atomic E-state index is 11.8. The molecule has 10 nitrogen and oxygen atoms in total. The van der Waals surface area contributed by atoms with Gasteiger partial charge in [0.15, 0.2) is 0 Å². The number of nitrogens with one attached hydrogen (secondary N) is 2. The number of nitro groups is 1. The maximum Gasteiger partial charge on any atom is 0.330 e. The van der Waals surface area contributed by atoms with Crippen molar-refractivity contribution in [1.29, 1.82) is 0 Å². The van der Waals surface area contributed by atoms with E-state index in [4.69, 9.17) is 10.5 Å². The van der Waals surface area contributed by atoms with E-state index in [1.165, 1.54) is 12.1 Å². The Bertz CT molecular complexity index is 905. The number of ether oxygens (including phenoxy) is 1. The number of carbonyl (C=O) groups excluding carboxylic acids is 2. The summed E-state index contributed by atoms with van der Waals surface area (Å²) < 4.78 is 5.95. The smallest absolute Gasteiger partial charge is 0.330 e. The van der Waals surface area contributed by atoms with Crippen LogP contribution in [0.5, 0.6) is 5.75 Å². The Morgan fingerprint density at radius 2 is 1.97 bits per heavy atom. The summed E-state index contributed by atoms with van der Waals surface area (Å²) in [5, 5.41) is 11.2. The molecule has 0 fully saturated rings. The summed E-state index contributed by atoms with van der Waals surface area (Å²) in [6.45, 7) is 1.00. The van der Waals surface area contributed by atoms with Crippen molar-refractivity contribution < 1.29 is 19.2 Å². The molecule has 1 aliphatic heterocycles. The van der Waals surface area contributed by atoms with Crippen molar-refractivity contribution in [3.63, 3.8) is 0 Å². The van der Waals surface area contributed by atoms with E-state index in [1.807, 2.05) is 40.7 Å². The van der Waals surface area contributed by atoms with Gasteiger partial charge in [0.1, 0.15) is 11.9 Å². The number of nitrogens with zero attached hydrogens (tertiary/aromatic N) is 2. The number of fused-ring (bicyclic) bond motifs is 1. The van der Waals surface area contributed by atoms with Crippen LogP contribution in [0.1, 0.15) is 18.4 Å². The lowest BCUT2D eigenvalue weighted by atomic mass is 10.1. The highest BCUT2D eigenvalue weighted by Crippen LogP contribution is 2.38. The standard InChI is InChI=1S/C19H21N5O5/c20-19(26)22-21-18(25)9-7-15-12-23(11-13-4-2-1-3-5-13)16-10-14(24(27)28)6-8-17(16)29-15/h1-6,8,10,15H,7,9,11-12H2,(H,21,25)(H3,20,22,26)/t15-/m0/s1. The first-order chi connectivity index (χ1) is 13.9. The van der Waals surface area contributed by atoms with Crippen LogP contribution in [0.4, 0.5) is 16.2 Å². The average Bonchev–Trinajstić information content (AvgIpc) is 2.71. The molecule has 0 unspecified atom stereocenters. The Balaban J connectivity index is 1.75. The summed E-state index contributed by atoms with van der Waals surface area (Å²) in [6, 6.07) is 13.3. The van der Waals surface area contributed by atoms with Gasteiger partial charge < -0.3 is 15.4 Å². The molecule has 0 radical (unpaired) electrons. The van der Waals surface area contributed by atoms with Gasteiger partial charge in [-0.2, -0.15) is 0 Å². The van der Waals surface area contributed by atoms with Crippen molar-refractivity contribution in [2.24, 2.45) is 5.73 Å². The molecule has 0 saturated carbocycles. The van der Waals surface area contributed by atoms with Crippen LogP contribution >= 0.6 is 0 Å². The third kappa shape index (κ3) is 5.34. The number of rotatable bonds is 6. The number of primary amides is 1. The van der Waals surface area contributed by atoms with Crippen LogP contribution in [0, 0.1) is 10.1 Å². The van der Waals surface area contributed by atoms with Crippen LogP contribution < -0.4 is 26.2 Å². The van der Waals surface area contributed by atoms with Gasteiger partial charge in [-0.3, -0.25) is 20.3 Å². The molecular weight excluding hydrogens is 378 g/mol. The number of anilines is 1. The fraction of sp³-hybridized carbons (Fsp3) is 0.263. The number of carbonyl (C=O) groups is 2. The molecule has 1 atom stereocenters. The van der Waals surface area contributed by atoms with Gasteiger partial charge in [-0.25, -0.2) is 10.2 Å². The summed E-state index contributed by atoms with van der Waals surface area (Å²) in [6.07, 6.45) is 0.215. The van der Waals surface area contributed by atoms with Gasteiger partial charge in [-0.05, 0) is 18.1 Å². The molecule has 2 aromatic rings. The fourth-order valence-corrected chi connectivity index (χ4v) is 3.12. The molecule has 1 heterocycles. The minimum Gasteiger partial charge on any atom is -0.486 e. The molecule has 0 saturated heterocycles. The number of benzene rings is 2. The van der Waals surface area contributed by atoms with Gasteiger partial charge >= 0.3 is 6.03 Å². The SMILES string of the molecule is NC(=O)NNC(=O)CC[C@H]1CN(Cc2ccccc2)c2cc([N+](=O)[O-])ccc2O1. The number of hydrazine groups is 1. The van der Waals surface area contributed by atoms with Gasteiger partial charge in [0, 0.05) is 25.1 Å². The third-order valence-corrected chi connectivity index (χ3v) is 4.45. The fourth-order valence-electron chi connectivity index (χ4n) is 3.12. The molecule has 29 heavy (non-hydrogen) atoms. The summed E-state index contributed by atoms with van der Waals surface area (Å²) in [7, 11) is 0. The monoisotopic (exact) mass is 399 g/mol. The van der Waals surface area contributed by atoms with Gasteiger partial charge in [0.25, 0.3) is 5.69 Å². The second-order valence-corrected chi connectivity index (χ2v) is 6.59. The summed E-state index contributed by atoms with van der Waals surface area (Å²) in [5.41, 5.74) is 10.8. The Morgan fingerprint density at radius 1 is 1.21 bits per heavy atom. The van der Waals surface area contributed by atoms with E-state index < -0.39 is 16.9 Å². The van der Waals surface area contributed by atoms with Crippen molar-refractivity contribution in [2.45, 2.75) is 25.5 Å². The zero-order valence-corrected chi connectivity index (χ0v) is 15.5. The zero-order valence-electron chi connectivity index (χ0n) is 15.5. The molecule has 152 valence electrons. The van der Waals surface area contributed by atoms with Crippen molar-refractivity contribution in [3.05, 3.63) is 64.2 Å². The molecule has 3 amide bonds. The number of nitro benzene ring substituents is 1. The molecule has 0 aliphatic carbocycles. The Hall–Kier alpha value is -3.82. The third-order valence-electron chi connectivity index (χ3n) is 4.45. The van der Waals surface area contributed by atoms with Crippen LogP contribution in [0.15, 0.2) is 48.5 Å². The van der Waals surface area contributed by atoms with Crippen LogP contribution in [0.25, 0.3) is 0 Å². The molecule has 0 spiro atoms. The quantitative estimate of drug-likeness (QED) is 0.500. The second-order valence-electron chi connectivity index (χ2n) is 6.59. The normalized spacial score (nSPS) is 15.0. The largest absolute Gasteiger partial charge is 0.486 e. The number of nitrogens with two attached hydrogens (primary N) is 1. The predicted octanol–water partition coefficient (Wildman–Crippen LogP) is 1.84. The lowest BCUT2D eigenvalue weighted by molar-refractivity contribution is -0.384. The first kappa shape index (κ1) is 19.9. The van der Waals surface area contributed by atoms with E-state index in [1.54, 1.807) is 6.07 Å². The summed E-state index contributed by atoms with van der Waals surface area (Å²) >= 11 is 0. The Morgan fingerprint density at radius 3 is 2.66 bits per heavy atom. The van der Waals surface area contributed by atoms with Crippen LogP contribution in [0.3, 0.4) is 0 Å². The average molecular weight is 399 g/mol. The van der Waals surface area contributed by atoms with E-state index in [2.05, 4.69) is 5.43 Å². The number of urea groups is 1. The second kappa shape index (κ2) is 8.91. The van der Waals surface area contributed by atoms with Crippen LogP contribution in [-0.2, 0) is 11.3 Å². The molecular formula is C19H21N5O5. The van der Waals surface area contributed by atoms with E-state index in [0.29, 0.717) is 30.9 Å². The first-order valence-electron chi connectivity index (χ1n) is 9.00. The van der Waals surface area contributed by atoms with Gasteiger partial charge in [-0.15, -0.1) is 0 Å². The molecule has 4 N–H and O–H groups in total. The zero-order chi connectivity index (χ0) is 20.8. The molecule has 3 rings (SSSR count). The number of hydrogen-bond acceptors (Lipinski definition) is 6. The number of non-ortho nitro benzene ring substituents is 1. The van der Waals surface area contributed by atoms with Crippen LogP contribution in [0.2, 0.25) is 0 Å². The highest BCUT2D eigenvalue weighted by Gasteiger charge is 2.28. The molecule has 0 aromatic heterocycles. The van der Waals surface area contributed by atoms with Crippen molar-refractivity contribution in [2.75, 3.05) is 11.4 Å². The van der Waals surface area contributed by atoms with E-state index in [9.17, 15) is 19.7 Å². The Labute approximate surface area is 166 Å². The molecule has 10 heteroatoms. The maximum absolute atomic E-state index is 11.8. The highest BCUT2D eigenvalue weighted by atomic mass is 16.6. The summed E-state index contributed by atoms with van der Waals surface area (Å²) in [5.74, 6) is 0.134. The van der Waals surface area contributed by atoms with Crippen molar-refractivity contribution in [1.82, 2.24) is 10.9 Å². The number of amides is 3.